The van der Waals surface area contributed by atoms with E-state index in [-0.39, 0.29) is 0 Å². The lowest BCUT2D eigenvalue weighted by Gasteiger charge is -2.39. The minimum absolute atomic E-state index is 0.384. The van der Waals surface area contributed by atoms with Crippen LogP contribution < -0.4 is 10.2 Å². The van der Waals surface area contributed by atoms with Gasteiger partial charge < -0.3 is 15.3 Å². The summed E-state index contributed by atoms with van der Waals surface area (Å²) in [6, 6.07) is 0. The molecule has 2 aliphatic heterocycles. The SMILES string of the molecule is CC(C)(O)C1CCN(c2ncnc3c2CNCC3)CC1. The van der Waals surface area contributed by atoms with Crippen molar-refractivity contribution in [3.05, 3.63) is 17.6 Å². The highest BCUT2D eigenvalue weighted by Crippen LogP contribution is 2.31. The van der Waals surface area contributed by atoms with Gasteiger partial charge in [-0.05, 0) is 32.6 Å². The Hall–Kier alpha value is -1.20. The molecule has 3 rings (SSSR count). The molecule has 0 radical (unpaired) electrons. The van der Waals surface area contributed by atoms with Gasteiger partial charge in [-0.1, -0.05) is 0 Å². The Bertz CT molecular complexity index is 475. The molecule has 5 heteroatoms. The third-order valence-electron chi connectivity index (χ3n) is 4.65. The van der Waals surface area contributed by atoms with Crippen molar-refractivity contribution in [2.45, 2.75) is 45.3 Å². The van der Waals surface area contributed by atoms with Crippen molar-refractivity contribution in [2.75, 3.05) is 24.5 Å². The Kier molecular flexibility index (Phi) is 3.65. The number of hydrogen-bond donors (Lipinski definition) is 2. The van der Waals surface area contributed by atoms with E-state index in [0.717, 1.165) is 51.3 Å². The molecule has 1 aromatic rings. The smallest absolute Gasteiger partial charge is 0.136 e. The van der Waals surface area contributed by atoms with E-state index in [9.17, 15) is 5.11 Å². The van der Waals surface area contributed by atoms with E-state index in [4.69, 9.17) is 0 Å². The normalized spacial score (nSPS) is 20.9. The van der Waals surface area contributed by atoms with Gasteiger partial charge in [-0.15, -0.1) is 0 Å². The molecule has 1 saturated heterocycles. The van der Waals surface area contributed by atoms with Gasteiger partial charge >= 0.3 is 0 Å². The zero-order valence-electron chi connectivity index (χ0n) is 12.4. The van der Waals surface area contributed by atoms with E-state index in [0.29, 0.717) is 5.92 Å². The van der Waals surface area contributed by atoms with Crippen LogP contribution in [0.15, 0.2) is 6.33 Å². The second-order valence-electron chi connectivity index (χ2n) is 6.46. The molecule has 3 heterocycles. The molecule has 0 unspecified atom stereocenters. The third kappa shape index (κ3) is 2.65. The summed E-state index contributed by atoms with van der Waals surface area (Å²) in [5.41, 5.74) is 1.89. The van der Waals surface area contributed by atoms with Gasteiger partial charge in [0.25, 0.3) is 0 Å². The van der Waals surface area contributed by atoms with Crippen molar-refractivity contribution in [2.24, 2.45) is 5.92 Å². The van der Waals surface area contributed by atoms with Crippen LogP contribution in [-0.4, -0.2) is 40.3 Å². The zero-order chi connectivity index (χ0) is 14.2. The maximum absolute atomic E-state index is 10.1. The molecule has 0 atom stereocenters. The number of hydrogen-bond acceptors (Lipinski definition) is 5. The van der Waals surface area contributed by atoms with Crippen LogP contribution in [0.2, 0.25) is 0 Å². The van der Waals surface area contributed by atoms with Crippen LogP contribution in [-0.2, 0) is 13.0 Å². The summed E-state index contributed by atoms with van der Waals surface area (Å²) in [6.45, 7) is 7.66. The van der Waals surface area contributed by atoms with Gasteiger partial charge in [0.1, 0.15) is 12.1 Å². The average molecular weight is 276 g/mol. The summed E-state index contributed by atoms with van der Waals surface area (Å²) in [4.78, 5) is 11.3. The van der Waals surface area contributed by atoms with Gasteiger partial charge in [-0.3, -0.25) is 0 Å². The molecular weight excluding hydrogens is 252 g/mol. The number of aromatic nitrogens is 2. The first-order valence-corrected chi connectivity index (χ1v) is 7.56. The van der Waals surface area contributed by atoms with Crippen molar-refractivity contribution in [3.8, 4) is 0 Å². The third-order valence-corrected chi connectivity index (χ3v) is 4.65. The predicted molar refractivity (Wildman–Crippen MR) is 78.7 cm³/mol. The lowest BCUT2D eigenvalue weighted by atomic mass is 9.83. The summed E-state index contributed by atoms with van der Waals surface area (Å²) in [7, 11) is 0. The molecule has 0 saturated carbocycles. The first-order chi connectivity index (χ1) is 9.55. The molecule has 110 valence electrons. The minimum atomic E-state index is -0.571. The highest BCUT2D eigenvalue weighted by molar-refractivity contribution is 5.49. The zero-order valence-corrected chi connectivity index (χ0v) is 12.4. The van der Waals surface area contributed by atoms with Gasteiger partial charge in [-0.2, -0.15) is 0 Å². The first-order valence-electron chi connectivity index (χ1n) is 7.56. The van der Waals surface area contributed by atoms with Crippen molar-refractivity contribution in [1.29, 1.82) is 0 Å². The Labute approximate surface area is 120 Å². The molecule has 0 amide bonds. The van der Waals surface area contributed by atoms with E-state index >= 15 is 0 Å². The van der Waals surface area contributed by atoms with Gasteiger partial charge in [0.05, 0.1) is 11.3 Å². The largest absolute Gasteiger partial charge is 0.390 e. The monoisotopic (exact) mass is 276 g/mol. The van der Waals surface area contributed by atoms with Gasteiger partial charge in [0.2, 0.25) is 0 Å². The second-order valence-corrected chi connectivity index (χ2v) is 6.46. The van der Waals surface area contributed by atoms with Crippen molar-refractivity contribution >= 4 is 5.82 Å². The fraction of sp³-hybridized carbons (Fsp3) is 0.733. The average Bonchev–Trinajstić information content (AvgIpc) is 2.46. The van der Waals surface area contributed by atoms with Crippen LogP contribution in [0.5, 0.6) is 0 Å². The molecule has 1 aromatic heterocycles. The van der Waals surface area contributed by atoms with Crippen molar-refractivity contribution in [1.82, 2.24) is 15.3 Å². The highest BCUT2D eigenvalue weighted by atomic mass is 16.3. The maximum Gasteiger partial charge on any atom is 0.136 e. The molecule has 0 aliphatic carbocycles. The predicted octanol–water partition coefficient (Wildman–Crippen LogP) is 1.11. The lowest BCUT2D eigenvalue weighted by Crippen LogP contribution is -2.43. The fourth-order valence-corrected chi connectivity index (χ4v) is 3.33. The molecular formula is C15H24N4O. The van der Waals surface area contributed by atoms with Crippen LogP contribution in [0.3, 0.4) is 0 Å². The molecule has 0 aromatic carbocycles. The van der Waals surface area contributed by atoms with Crippen LogP contribution in [0, 0.1) is 5.92 Å². The fourth-order valence-electron chi connectivity index (χ4n) is 3.33. The van der Waals surface area contributed by atoms with E-state index in [1.165, 1.54) is 11.3 Å². The van der Waals surface area contributed by atoms with Gasteiger partial charge in [-0.25, -0.2) is 9.97 Å². The van der Waals surface area contributed by atoms with Crippen LogP contribution in [0.25, 0.3) is 0 Å². The summed E-state index contributed by atoms with van der Waals surface area (Å²) >= 11 is 0. The number of aliphatic hydroxyl groups is 1. The highest BCUT2D eigenvalue weighted by Gasteiger charge is 2.31. The number of nitrogens with one attached hydrogen (secondary N) is 1. The standard InChI is InChI=1S/C15H24N4O/c1-15(2,20)11-4-7-19(8-5-11)14-12-9-16-6-3-13(12)17-10-18-14/h10-11,16,20H,3-9H2,1-2H3. The topological polar surface area (TPSA) is 61.3 Å². The Balaban J connectivity index is 1.76. The Morgan fingerprint density at radius 2 is 2.05 bits per heavy atom. The summed E-state index contributed by atoms with van der Waals surface area (Å²) in [6.07, 6.45) is 4.73. The lowest BCUT2D eigenvalue weighted by molar-refractivity contribution is 0.00644. The van der Waals surface area contributed by atoms with Gasteiger partial charge in [0.15, 0.2) is 0 Å². The Morgan fingerprint density at radius 1 is 1.30 bits per heavy atom. The number of fused-ring (bicyclic) bond motifs is 1. The van der Waals surface area contributed by atoms with Crippen molar-refractivity contribution < 1.29 is 5.11 Å². The summed E-state index contributed by atoms with van der Waals surface area (Å²) in [5, 5.41) is 13.5. The van der Waals surface area contributed by atoms with E-state index in [1.54, 1.807) is 6.33 Å². The molecule has 2 N–H and O–H groups in total. The second kappa shape index (κ2) is 5.30. The molecule has 20 heavy (non-hydrogen) atoms. The molecule has 0 bridgehead atoms. The number of piperidine rings is 1. The van der Waals surface area contributed by atoms with Crippen LogP contribution >= 0.6 is 0 Å². The molecule has 2 aliphatic rings. The molecule has 1 fully saturated rings. The summed E-state index contributed by atoms with van der Waals surface area (Å²) in [5.74, 6) is 1.48. The van der Waals surface area contributed by atoms with E-state index in [2.05, 4.69) is 20.2 Å². The first kappa shape index (κ1) is 13.8. The minimum Gasteiger partial charge on any atom is -0.390 e. The summed E-state index contributed by atoms with van der Waals surface area (Å²) < 4.78 is 0. The number of nitrogens with zero attached hydrogens (tertiary/aromatic N) is 3. The molecule has 0 spiro atoms. The van der Waals surface area contributed by atoms with Crippen LogP contribution in [0.1, 0.15) is 37.9 Å². The maximum atomic E-state index is 10.1. The Morgan fingerprint density at radius 3 is 2.75 bits per heavy atom. The number of anilines is 1. The van der Waals surface area contributed by atoms with Gasteiger partial charge in [0, 0.05) is 38.2 Å². The van der Waals surface area contributed by atoms with Crippen molar-refractivity contribution in [3.63, 3.8) is 0 Å². The van der Waals surface area contributed by atoms with Crippen LogP contribution in [0.4, 0.5) is 5.82 Å². The van der Waals surface area contributed by atoms with E-state index < -0.39 is 5.60 Å². The number of rotatable bonds is 2. The molecule has 5 nitrogen and oxygen atoms in total. The quantitative estimate of drug-likeness (QED) is 0.847. The van der Waals surface area contributed by atoms with E-state index in [1.807, 2.05) is 13.8 Å².